The van der Waals surface area contributed by atoms with Crippen molar-refractivity contribution >= 4 is 0 Å². The van der Waals surface area contributed by atoms with E-state index >= 15 is 0 Å². The molecule has 18 heavy (non-hydrogen) atoms. The number of benzene rings is 1. The smallest absolute Gasteiger partial charge is 0.0561 e. The molecule has 0 amide bonds. The van der Waals surface area contributed by atoms with Gasteiger partial charge in [-0.1, -0.05) is 62.8 Å². The molecule has 1 heterocycles. The summed E-state index contributed by atoms with van der Waals surface area (Å²) in [5.41, 5.74) is 2.75. The van der Waals surface area contributed by atoms with Gasteiger partial charge in [-0.2, -0.15) is 0 Å². The van der Waals surface area contributed by atoms with E-state index in [0.717, 1.165) is 0 Å². The Hall–Kier alpha value is -1.08. The Balaban J connectivity index is 2.25. The van der Waals surface area contributed by atoms with Crippen molar-refractivity contribution in [2.24, 2.45) is 5.92 Å². The average Bonchev–Trinajstić information content (AvgIpc) is 2.41. The molecule has 1 aromatic rings. The van der Waals surface area contributed by atoms with Crippen molar-refractivity contribution in [1.29, 1.82) is 0 Å². The fraction of sp³-hybridized carbons (Fsp3) is 0.529. The molecule has 98 valence electrons. The van der Waals surface area contributed by atoms with Crippen LogP contribution in [0.3, 0.4) is 0 Å². The Bertz CT molecular complexity index is 374. The number of nitrogens with zero attached hydrogens (tertiary/aromatic N) is 1. The Morgan fingerprint density at radius 3 is 2.22 bits per heavy atom. The van der Waals surface area contributed by atoms with Crippen LogP contribution in [0, 0.1) is 5.92 Å². The van der Waals surface area contributed by atoms with Gasteiger partial charge >= 0.3 is 0 Å². The Morgan fingerprint density at radius 1 is 1.06 bits per heavy atom. The lowest BCUT2D eigenvalue weighted by Crippen LogP contribution is -2.35. The van der Waals surface area contributed by atoms with Crippen LogP contribution in [0.4, 0.5) is 0 Å². The summed E-state index contributed by atoms with van der Waals surface area (Å²) in [4.78, 5) is 2.61. The lowest BCUT2D eigenvalue weighted by atomic mass is 9.89. The second-order valence-electron chi connectivity index (χ2n) is 5.64. The molecule has 0 spiro atoms. The van der Waals surface area contributed by atoms with Gasteiger partial charge in [-0.25, -0.2) is 0 Å². The number of rotatable bonds is 4. The van der Waals surface area contributed by atoms with Crippen LogP contribution in [0.1, 0.15) is 44.7 Å². The lowest BCUT2D eigenvalue weighted by Gasteiger charge is -2.37. The van der Waals surface area contributed by atoms with E-state index in [4.69, 9.17) is 0 Å². The van der Waals surface area contributed by atoms with E-state index in [1.165, 1.54) is 43.5 Å². The summed E-state index contributed by atoms with van der Waals surface area (Å²) in [6.07, 6.45) is 4.04. The van der Waals surface area contributed by atoms with Gasteiger partial charge in [-0.05, 0) is 37.4 Å². The molecule has 1 saturated heterocycles. The van der Waals surface area contributed by atoms with Gasteiger partial charge in [0.15, 0.2) is 0 Å². The molecule has 1 nitrogen and oxygen atoms in total. The number of hydrogen-bond donors (Lipinski definition) is 0. The topological polar surface area (TPSA) is 3.24 Å². The third kappa shape index (κ3) is 3.02. The second-order valence-corrected chi connectivity index (χ2v) is 5.64. The highest BCUT2D eigenvalue weighted by Crippen LogP contribution is 2.33. The van der Waals surface area contributed by atoms with E-state index in [0.29, 0.717) is 12.0 Å². The predicted molar refractivity (Wildman–Crippen MR) is 78.6 cm³/mol. The zero-order chi connectivity index (χ0) is 13.0. The number of piperidine rings is 1. The van der Waals surface area contributed by atoms with Crippen molar-refractivity contribution in [3.05, 3.63) is 48.0 Å². The quantitative estimate of drug-likeness (QED) is 0.707. The van der Waals surface area contributed by atoms with E-state index < -0.39 is 0 Å². The molecule has 0 aliphatic carbocycles. The molecule has 1 aromatic carbocycles. The minimum atomic E-state index is 0.409. The minimum absolute atomic E-state index is 0.409. The van der Waals surface area contributed by atoms with Gasteiger partial charge < -0.3 is 0 Å². The molecular weight excluding hydrogens is 218 g/mol. The predicted octanol–water partition coefficient (Wildman–Crippen LogP) is 4.43. The van der Waals surface area contributed by atoms with Crippen molar-refractivity contribution in [2.75, 3.05) is 13.1 Å². The van der Waals surface area contributed by atoms with Crippen molar-refractivity contribution in [1.82, 2.24) is 4.90 Å². The Labute approximate surface area is 112 Å². The molecule has 1 aliphatic heterocycles. The molecule has 0 radical (unpaired) electrons. The summed E-state index contributed by atoms with van der Waals surface area (Å²) in [6.45, 7) is 11.3. The van der Waals surface area contributed by atoms with Crippen molar-refractivity contribution in [3.8, 4) is 0 Å². The fourth-order valence-electron chi connectivity index (χ4n) is 2.79. The van der Waals surface area contributed by atoms with Crippen LogP contribution < -0.4 is 0 Å². The molecule has 1 heteroatoms. The maximum absolute atomic E-state index is 4.36. The van der Waals surface area contributed by atoms with Gasteiger partial charge in [0.05, 0.1) is 6.04 Å². The molecule has 1 unspecified atom stereocenters. The monoisotopic (exact) mass is 243 g/mol. The summed E-state index contributed by atoms with van der Waals surface area (Å²) in [7, 11) is 0. The van der Waals surface area contributed by atoms with Crippen LogP contribution in [0.25, 0.3) is 0 Å². The van der Waals surface area contributed by atoms with E-state index in [9.17, 15) is 0 Å². The van der Waals surface area contributed by atoms with Crippen LogP contribution >= 0.6 is 0 Å². The molecule has 2 rings (SSSR count). The van der Waals surface area contributed by atoms with E-state index in [1.807, 2.05) is 0 Å². The molecule has 1 aliphatic rings. The minimum Gasteiger partial charge on any atom is -0.293 e. The molecule has 0 aromatic heterocycles. The summed E-state index contributed by atoms with van der Waals surface area (Å²) in [5, 5.41) is 0. The first kappa shape index (κ1) is 13.4. The van der Waals surface area contributed by atoms with Crippen LogP contribution in [0.5, 0.6) is 0 Å². The Morgan fingerprint density at radius 2 is 1.67 bits per heavy atom. The molecule has 1 atom stereocenters. The Kier molecular flexibility index (Phi) is 4.60. The average molecular weight is 243 g/mol. The van der Waals surface area contributed by atoms with Gasteiger partial charge in [0, 0.05) is 0 Å². The van der Waals surface area contributed by atoms with E-state index in [-0.39, 0.29) is 0 Å². The largest absolute Gasteiger partial charge is 0.293 e. The van der Waals surface area contributed by atoms with E-state index in [1.54, 1.807) is 0 Å². The van der Waals surface area contributed by atoms with Gasteiger partial charge in [0.1, 0.15) is 0 Å². The molecule has 0 saturated carbocycles. The van der Waals surface area contributed by atoms with Gasteiger partial charge in [0.25, 0.3) is 0 Å². The van der Waals surface area contributed by atoms with Crippen LogP contribution in [0.15, 0.2) is 42.5 Å². The van der Waals surface area contributed by atoms with Crippen LogP contribution in [-0.4, -0.2) is 18.0 Å². The van der Waals surface area contributed by atoms with Crippen LogP contribution in [-0.2, 0) is 0 Å². The zero-order valence-corrected chi connectivity index (χ0v) is 11.7. The molecule has 0 bridgehead atoms. The first-order valence-electron chi connectivity index (χ1n) is 7.18. The fourth-order valence-corrected chi connectivity index (χ4v) is 2.79. The standard InChI is InChI=1S/C17H25N/c1-14(2)15(3)17(16-10-6-4-7-11-16)18-12-8-5-9-13-18/h4,6-7,10-11,14,17H,3,5,8-9,12-13H2,1-2H3. The number of hydrogen-bond acceptors (Lipinski definition) is 1. The zero-order valence-electron chi connectivity index (χ0n) is 11.7. The van der Waals surface area contributed by atoms with Crippen molar-refractivity contribution in [3.63, 3.8) is 0 Å². The highest BCUT2D eigenvalue weighted by molar-refractivity contribution is 5.28. The number of likely N-dealkylation sites (tertiary alicyclic amines) is 1. The first-order chi connectivity index (χ1) is 8.70. The van der Waals surface area contributed by atoms with E-state index in [2.05, 4.69) is 55.7 Å². The third-order valence-electron chi connectivity index (χ3n) is 3.96. The summed E-state index contributed by atoms with van der Waals surface area (Å²) >= 11 is 0. The second kappa shape index (κ2) is 6.19. The maximum Gasteiger partial charge on any atom is 0.0561 e. The highest BCUT2D eigenvalue weighted by atomic mass is 15.2. The van der Waals surface area contributed by atoms with Gasteiger partial charge in [0.2, 0.25) is 0 Å². The lowest BCUT2D eigenvalue weighted by molar-refractivity contribution is 0.179. The molecule has 1 fully saturated rings. The SMILES string of the molecule is C=C(C(C)C)C(c1ccccc1)N1CCCCC1. The summed E-state index contributed by atoms with van der Waals surface area (Å²) in [5.74, 6) is 0.539. The van der Waals surface area contributed by atoms with Gasteiger partial charge in [-0.3, -0.25) is 4.90 Å². The molecule has 0 N–H and O–H groups in total. The van der Waals surface area contributed by atoms with Gasteiger partial charge in [-0.15, -0.1) is 0 Å². The summed E-state index contributed by atoms with van der Waals surface area (Å²) in [6, 6.07) is 11.3. The normalized spacial score (nSPS) is 18.8. The van der Waals surface area contributed by atoms with Crippen molar-refractivity contribution in [2.45, 2.75) is 39.2 Å². The maximum atomic E-state index is 4.36. The van der Waals surface area contributed by atoms with Crippen LogP contribution in [0.2, 0.25) is 0 Å². The molecular formula is C17H25N. The summed E-state index contributed by atoms with van der Waals surface area (Å²) < 4.78 is 0. The first-order valence-corrected chi connectivity index (χ1v) is 7.18. The highest BCUT2D eigenvalue weighted by Gasteiger charge is 2.25. The third-order valence-corrected chi connectivity index (χ3v) is 3.96. The van der Waals surface area contributed by atoms with Crippen molar-refractivity contribution < 1.29 is 0 Å².